The highest BCUT2D eigenvalue weighted by Gasteiger charge is 2.09. The number of rotatable bonds is 6. The van der Waals surface area contributed by atoms with Gasteiger partial charge in [-0.3, -0.25) is 0 Å². The molecule has 1 nitrogen and oxygen atoms in total. The van der Waals surface area contributed by atoms with Gasteiger partial charge in [0.05, 0.1) is 0 Å². The van der Waals surface area contributed by atoms with E-state index in [1.807, 2.05) is 0 Å². The Balaban J connectivity index is 3.09. The van der Waals surface area contributed by atoms with E-state index < -0.39 is 0 Å². The molecule has 0 aliphatic heterocycles. The molecule has 0 spiro atoms. The van der Waals surface area contributed by atoms with E-state index in [1.54, 1.807) is 0 Å². The van der Waals surface area contributed by atoms with Gasteiger partial charge in [0.2, 0.25) is 0 Å². The Hall–Kier alpha value is -0.980. The minimum absolute atomic E-state index is 0.616. The number of aryl methyl sites for hydroxylation is 2. The molecule has 0 heterocycles. The highest BCUT2D eigenvalue weighted by atomic mass is 14.9. The van der Waals surface area contributed by atoms with Crippen molar-refractivity contribution in [1.29, 1.82) is 0 Å². The monoisotopic (exact) mass is 233 g/mol. The average molecular weight is 233 g/mol. The van der Waals surface area contributed by atoms with Crippen molar-refractivity contribution in [3.05, 3.63) is 28.8 Å². The molecule has 0 bridgehead atoms. The summed E-state index contributed by atoms with van der Waals surface area (Å²) in [5, 5.41) is 3.52. The van der Waals surface area contributed by atoms with Crippen molar-refractivity contribution in [3.63, 3.8) is 0 Å². The predicted octanol–water partition coefficient (Wildman–Crippen LogP) is 4.89. The molecule has 0 atom stereocenters. The highest BCUT2D eigenvalue weighted by molar-refractivity contribution is 5.59. The van der Waals surface area contributed by atoms with Crippen LogP contribution in [0.25, 0.3) is 0 Å². The molecule has 0 saturated carbocycles. The van der Waals surface area contributed by atoms with Crippen LogP contribution in [0.4, 0.5) is 5.69 Å². The first kappa shape index (κ1) is 14.1. The molecular weight excluding hydrogens is 206 g/mol. The number of anilines is 1. The molecule has 0 unspecified atom stereocenters. The largest absolute Gasteiger partial charge is 0.385 e. The molecule has 0 saturated heterocycles. The molecule has 1 N–H and O–H groups in total. The average Bonchev–Trinajstić information content (AvgIpc) is 2.29. The van der Waals surface area contributed by atoms with Crippen LogP contribution >= 0.6 is 0 Å². The van der Waals surface area contributed by atoms with Crippen LogP contribution in [0.2, 0.25) is 0 Å². The second-order valence-corrected chi connectivity index (χ2v) is 5.16. The summed E-state index contributed by atoms with van der Waals surface area (Å²) in [6.45, 7) is 12.2. The zero-order chi connectivity index (χ0) is 12.8. The van der Waals surface area contributed by atoms with E-state index in [-0.39, 0.29) is 0 Å². The van der Waals surface area contributed by atoms with Crippen molar-refractivity contribution in [2.75, 3.05) is 11.9 Å². The molecule has 96 valence electrons. The Labute approximate surface area is 107 Å². The quantitative estimate of drug-likeness (QED) is 0.737. The lowest BCUT2D eigenvalue weighted by Crippen LogP contribution is -2.05. The van der Waals surface area contributed by atoms with E-state index in [2.05, 4.69) is 52.1 Å². The standard InChI is InChI=1S/C16H27N/c1-6-8-9-14-11-15(12(3)4)10-13(5)16(14)17-7-2/h10-12,17H,6-9H2,1-5H3. The van der Waals surface area contributed by atoms with Crippen molar-refractivity contribution in [3.8, 4) is 0 Å². The summed E-state index contributed by atoms with van der Waals surface area (Å²) in [4.78, 5) is 0. The Bertz CT molecular complexity index is 353. The van der Waals surface area contributed by atoms with Crippen LogP contribution in [0, 0.1) is 6.92 Å². The number of nitrogens with one attached hydrogen (secondary N) is 1. The molecule has 0 fully saturated rings. The van der Waals surface area contributed by atoms with Crippen LogP contribution in [-0.4, -0.2) is 6.54 Å². The van der Waals surface area contributed by atoms with Crippen molar-refractivity contribution in [1.82, 2.24) is 0 Å². The Morgan fingerprint density at radius 3 is 2.41 bits per heavy atom. The molecule has 0 aliphatic rings. The van der Waals surface area contributed by atoms with E-state index >= 15 is 0 Å². The summed E-state index contributed by atoms with van der Waals surface area (Å²) in [6, 6.07) is 4.73. The van der Waals surface area contributed by atoms with Gasteiger partial charge in [0.25, 0.3) is 0 Å². The Morgan fingerprint density at radius 2 is 1.88 bits per heavy atom. The molecule has 1 aromatic carbocycles. The van der Waals surface area contributed by atoms with Crippen LogP contribution in [0.3, 0.4) is 0 Å². The fourth-order valence-corrected chi connectivity index (χ4v) is 2.22. The second-order valence-electron chi connectivity index (χ2n) is 5.16. The van der Waals surface area contributed by atoms with Crippen LogP contribution in [0.5, 0.6) is 0 Å². The zero-order valence-electron chi connectivity index (χ0n) is 12.1. The fraction of sp³-hybridized carbons (Fsp3) is 0.625. The van der Waals surface area contributed by atoms with Crippen LogP contribution < -0.4 is 5.32 Å². The number of unbranched alkanes of at least 4 members (excludes halogenated alkanes) is 1. The maximum absolute atomic E-state index is 3.52. The Morgan fingerprint density at radius 1 is 1.18 bits per heavy atom. The first-order chi connectivity index (χ1) is 8.10. The molecule has 0 aromatic heterocycles. The molecule has 1 heteroatoms. The van der Waals surface area contributed by atoms with Crippen LogP contribution in [0.15, 0.2) is 12.1 Å². The van der Waals surface area contributed by atoms with E-state index in [0.29, 0.717) is 5.92 Å². The van der Waals surface area contributed by atoms with Crippen LogP contribution in [-0.2, 0) is 6.42 Å². The van der Waals surface area contributed by atoms with E-state index in [9.17, 15) is 0 Å². The molecule has 17 heavy (non-hydrogen) atoms. The van der Waals surface area contributed by atoms with Crippen molar-refractivity contribution in [2.45, 2.75) is 59.8 Å². The molecule has 1 rings (SSSR count). The van der Waals surface area contributed by atoms with Crippen molar-refractivity contribution < 1.29 is 0 Å². The van der Waals surface area contributed by atoms with Gasteiger partial charge in [-0.2, -0.15) is 0 Å². The molecule has 0 amide bonds. The summed E-state index contributed by atoms with van der Waals surface area (Å²) in [5.74, 6) is 0.616. The molecule has 1 aromatic rings. The first-order valence-electron chi connectivity index (χ1n) is 6.97. The molecular formula is C16H27N. The van der Waals surface area contributed by atoms with Gasteiger partial charge in [-0.1, -0.05) is 39.3 Å². The summed E-state index contributed by atoms with van der Waals surface area (Å²) >= 11 is 0. The number of hydrogen-bond acceptors (Lipinski definition) is 1. The van der Waals surface area contributed by atoms with E-state index in [1.165, 1.54) is 41.6 Å². The SMILES string of the molecule is CCCCc1cc(C(C)C)cc(C)c1NCC. The Kier molecular flexibility index (Phi) is 5.54. The lowest BCUT2D eigenvalue weighted by molar-refractivity contribution is 0.788. The summed E-state index contributed by atoms with van der Waals surface area (Å²) in [6.07, 6.45) is 3.73. The number of benzene rings is 1. The summed E-state index contributed by atoms with van der Waals surface area (Å²) < 4.78 is 0. The summed E-state index contributed by atoms with van der Waals surface area (Å²) in [7, 11) is 0. The van der Waals surface area contributed by atoms with Gasteiger partial charge in [0, 0.05) is 12.2 Å². The third-order valence-corrected chi connectivity index (χ3v) is 3.26. The highest BCUT2D eigenvalue weighted by Crippen LogP contribution is 2.27. The first-order valence-corrected chi connectivity index (χ1v) is 6.97. The van der Waals surface area contributed by atoms with E-state index in [0.717, 1.165) is 6.54 Å². The van der Waals surface area contributed by atoms with Gasteiger partial charge in [0.15, 0.2) is 0 Å². The predicted molar refractivity (Wildman–Crippen MR) is 78.0 cm³/mol. The van der Waals surface area contributed by atoms with Crippen molar-refractivity contribution in [2.24, 2.45) is 0 Å². The topological polar surface area (TPSA) is 12.0 Å². The zero-order valence-corrected chi connectivity index (χ0v) is 12.1. The van der Waals surface area contributed by atoms with Gasteiger partial charge in [-0.05, 0) is 49.3 Å². The maximum Gasteiger partial charge on any atom is 0.0402 e. The third kappa shape index (κ3) is 3.76. The smallest absolute Gasteiger partial charge is 0.0402 e. The lowest BCUT2D eigenvalue weighted by Gasteiger charge is -2.17. The molecule has 0 radical (unpaired) electrons. The lowest BCUT2D eigenvalue weighted by atomic mass is 9.94. The maximum atomic E-state index is 3.52. The van der Waals surface area contributed by atoms with Gasteiger partial charge < -0.3 is 5.32 Å². The number of hydrogen-bond donors (Lipinski definition) is 1. The second kappa shape index (κ2) is 6.68. The van der Waals surface area contributed by atoms with E-state index in [4.69, 9.17) is 0 Å². The third-order valence-electron chi connectivity index (χ3n) is 3.26. The molecule has 0 aliphatic carbocycles. The van der Waals surface area contributed by atoms with Gasteiger partial charge in [0.1, 0.15) is 0 Å². The van der Waals surface area contributed by atoms with Gasteiger partial charge in [-0.25, -0.2) is 0 Å². The van der Waals surface area contributed by atoms with Gasteiger partial charge in [-0.15, -0.1) is 0 Å². The normalized spacial score (nSPS) is 10.9. The minimum atomic E-state index is 0.616. The summed E-state index contributed by atoms with van der Waals surface area (Å²) in [5.41, 5.74) is 5.72. The van der Waals surface area contributed by atoms with Gasteiger partial charge >= 0.3 is 0 Å². The fourth-order valence-electron chi connectivity index (χ4n) is 2.22. The van der Waals surface area contributed by atoms with Crippen LogP contribution in [0.1, 0.15) is 63.1 Å². The minimum Gasteiger partial charge on any atom is -0.385 e. The van der Waals surface area contributed by atoms with Crippen molar-refractivity contribution >= 4 is 5.69 Å².